The van der Waals surface area contributed by atoms with E-state index in [4.69, 9.17) is 5.73 Å². The molecule has 0 bridgehead atoms. The third-order valence-electron chi connectivity index (χ3n) is 3.10. The van der Waals surface area contributed by atoms with Gasteiger partial charge in [0.1, 0.15) is 10.4 Å². The van der Waals surface area contributed by atoms with Crippen molar-refractivity contribution in [3.05, 3.63) is 18.5 Å². The summed E-state index contributed by atoms with van der Waals surface area (Å²) in [7, 11) is -4.10. The molecule has 0 aliphatic carbocycles. The van der Waals surface area contributed by atoms with Crippen LogP contribution in [-0.2, 0) is 19.6 Å². The molecule has 1 aromatic rings. The van der Waals surface area contributed by atoms with Crippen molar-refractivity contribution in [1.82, 2.24) is 14.6 Å². The van der Waals surface area contributed by atoms with Crippen LogP contribution < -0.4 is 11.1 Å². The van der Waals surface area contributed by atoms with Crippen molar-refractivity contribution in [2.24, 2.45) is 0 Å². The second-order valence-electron chi connectivity index (χ2n) is 4.86. The molecule has 0 spiro atoms. The van der Waals surface area contributed by atoms with Gasteiger partial charge in [0.15, 0.2) is 0 Å². The van der Waals surface area contributed by atoms with E-state index in [-0.39, 0.29) is 10.6 Å². The van der Waals surface area contributed by atoms with Gasteiger partial charge >= 0.3 is 0 Å². The van der Waals surface area contributed by atoms with E-state index in [2.05, 4.69) is 10.3 Å². The number of nitrogens with zero attached hydrogens (tertiary/aromatic N) is 2. The lowest BCUT2D eigenvalue weighted by Gasteiger charge is -2.38. The van der Waals surface area contributed by atoms with Crippen LogP contribution in [0.4, 0.5) is 5.69 Å². The highest BCUT2D eigenvalue weighted by atomic mass is 32.2. The van der Waals surface area contributed by atoms with Crippen LogP contribution in [0, 0.1) is 0 Å². The van der Waals surface area contributed by atoms with Crippen LogP contribution in [0.3, 0.4) is 0 Å². The molecule has 3 N–H and O–H groups in total. The van der Waals surface area contributed by atoms with E-state index in [1.54, 1.807) is 0 Å². The van der Waals surface area contributed by atoms with Gasteiger partial charge in [-0.05, 0) is 19.9 Å². The van der Waals surface area contributed by atoms with Crippen molar-refractivity contribution in [2.45, 2.75) is 24.3 Å². The standard InChI is InChI=1S/C11H14N4O4S/c1-11(2)10(17)14-9(16)6-15(11)20(18,19)8-5-13-4-3-7(8)12/h3-5H,6H2,1-2H3,(H2,12,13)(H,14,16,17). The van der Waals surface area contributed by atoms with E-state index in [1.807, 2.05) is 0 Å². The minimum atomic E-state index is -4.10. The molecule has 108 valence electrons. The first-order valence-corrected chi connectivity index (χ1v) is 7.18. The lowest BCUT2D eigenvalue weighted by molar-refractivity contribution is -0.141. The van der Waals surface area contributed by atoms with Crippen molar-refractivity contribution in [3.63, 3.8) is 0 Å². The number of rotatable bonds is 2. The summed E-state index contributed by atoms with van der Waals surface area (Å²) in [6, 6.07) is 1.34. The Balaban J connectivity index is 2.56. The van der Waals surface area contributed by atoms with Crippen LogP contribution in [0.2, 0.25) is 0 Å². The third kappa shape index (κ3) is 2.14. The average Bonchev–Trinajstić information content (AvgIpc) is 2.34. The molecule has 2 heterocycles. The van der Waals surface area contributed by atoms with E-state index < -0.39 is 33.9 Å². The molecule has 9 heteroatoms. The first-order chi connectivity index (χ1) is 9.17. The zero-order valence-electron chi connectivity index (χ0n) is 11.0. The Labute approximate surface area is 116 Å². The number of hydrogen-bond acceptors (Lipinski definition) is 6. The van der Waals surface area contributed by atoms with E-state index in [0.29, 0.717) is 0 Å². The van der Waals surface area contributed by atoms with Gasteiger partial charge in [0.2, 0.25) is 21.8 Å². The number of nitrogens with one attached hydrogen (secondary N) is 1. The maximum Gasteiger partial charge on any atom is 0.248 e. The normalized spacial score (nSPS) is 19.7. The lowest BCUT2D eigenvalue weighted by Crippen LogP contribution is -2.65. The summed E-state index contributed by atoms with van der Waals surface area (Å²) in [5.41, 5.74) is 4.25. The first-order valence-electron chi connectivity index (χ1n) is 5.74. The maximum absolute atomic E-state index is 12.6. The summed E-state index contributed by atoms with van der Waals surface area (Å²) in [5.74, 6) is -1.36. The number of amides is 2. The number of anilines is 1. The summed E-state index contributed by atoms with van der Waals surface area (Å²) in [4.78, 5) is 26.8. The molecule has 0 radical (unpaired) electrons. The van der Waals surface area contributed by atoms with Gasteiger partial charge in [0.25, 0.3) is 0 Å². The highest BCUT2D eigenvalue weighted by molar-refractivity contribution is 7.89. The summed E-state index contributed by atoms with van der Waals surface area (Å²) in [6.45, 7) is 2.38. The number of pyridine rings is 1. The average molecular weight is 298 g/mol. The number of hydrogen-bond donors (Lipinski definition) is 2. The van der Waals surface area contributed by atoms with Gasteiger partial charge in [-0.25, -0.2) is 8.42 Å². The lowest BCUT2D eigenvalue weighted by atomic mass is 10.0. The van der Waals surface area contributed by atoms with E-state index >= 15 is 0 Å². The van der Waals surface area contributed by atoms with Crippen LogP contribution in [0.1, 0.15) is 13.8 Å². The van der Waals surface area contributed by atoms with Crippen molar-refractivity contribution in [1.29, 1.82) is 0 Å². The van der Waals surface area contributed by atoms with Gasteiger partial charge in [-0.3, -0.25) is 19.9 Å². The molecule has 2 amide bonds. The summed E-state index contributed by atoms with van der Waals surface area (Å²) < 4.78 is 26.0. The van der Waals surface area contributed by atoms with E-state index in [1.165, 1.54) is 26.1 Å². The first kappa shape index (κ1) is 14.4. The van der Waals surface area contributed by atoms with Gasteiger partial charge in [-0.2, -0.15) is 4.31 Å². The number of carbonyl (C=O) groups excluding carboxylic acids is 2. The van der Waals surface area contributed by atoms with Gasteiger partial charge < -0.3 is 5.73 Å². The fraction of sp³-hybridized carbons (Fsp3) is 0.364. The number of aromatic nitrogens is 1. The van der Waals surface area contributed by atoms with Gasteiger partial charge in [0.05, 0.1) is 12.2 Å². The Morgan fingerprint density at radius 1 is 1.40 bits per heavy atom. The smallest absolute Gasteiger partial charge is 0.248 e. The SMILES string of the molecule is CC1(C)C(=O)NC(=O)CN1S(=O)(=O)c1cnccc1N. The van der Waals surface area contributed by atoms with E-state index in [9.17, 15) is 18.0 Å². The maximum atomic E-state index is 12.6. The molecule has 2 rings (SSSR count). The Morgan fingerprint density at radius 3 is 2.65 bits per heavy atom. The molecular formula is C11H14N4O4S. The molecule has 1 aliphatic rings. The number of sulfonamides is 1. The van der Waals surface area contributed by atoms with Gasteiger partial charge in [0, 0.05) is 12.4 Å². The van der Waals surface area contributed by atoms with Crippen LogP contribution in [0.25, 0.3) is 0 Å². The third-order valence-corrected chi connectivity index (χ3v) is 5.17. The Hall–Kier alpha value is -2.00. The largest absolute Gasteiger partial charge is 0.398 e. The number of nitrogens with two attached hydrogens (primary N) is 1. The molecular weight excluding hydrogens is 284 g/mol. The van der Waals surface area contributed by atoms with Crippen LogP contribution >= 0.6 is 0 Å². The van der Waals surface area contributed by atoms with E-state index in [0.717, 1.165) is 10.5 Å². The molecule has 8 nitrogen and oxygen atoms in total. The van der Waals surface area contributed by atoms with Crippen molar-refractivity contribution < 1.29 is 18.0 Å². The van der Waals surface area contributed by atoms with Crippen LogP contribution in [0.15, 0.2) is 23.4 Å². The number of nitrogen functional groups attached to an aromatic ring is 1. The van der Waals surface area contributed by atoms with Crippen molar-refractivity contribution in [3.8, 4) is 0 Å². The highest BCUT2D eigenvalue weighted by Gasteiger charge is 2.48. The molecule has 1 saturated heterocycles. The predicted octanol–water partition coefficient (Wildman–Crippen LogP) is -0.910. The molecule has 1 aromatic heterocycles. The second kappa shape index (κ2) is 4.53. The minimum Gasteiger partial charge on any atom is -0.398 e. The van der Waals surface area contributed by atoms with Gasteiger partial charge in [-0.15, -0.1) is 0 Å². The zero-order chi connectivity index (χ0) is 15.1. The summed E-state index contributed by atoms with van der Waals surface area (Å²) >= 11 is 0. The molecule has 1 fully saturated rings. The molecule has 0 atom stereocenters. The van der Waals surface area contributed by atoms with Gasteiger partial charge in [-0.1, -0.05) is 0 Å². The highest BCUT2D eigenvalue weighted by Crippen LogP contribution is 2.29. The van der Waals surface area contributed by atoms with Crippen LogP contribution in [-0.4, -0.2) is 41.6 Å². The predicted molar refractivity (Wildman–Crippen MR) is 69.8 cm³/mol. The number of carbonyl (C=O) groups is 2. The molecule has 20 heavy (non-hydrogen) atoms. The quantitative estimate of drug-likeness (QED) is 0.681. The monoisotopic (exact) mass is 298 g/mol. The molecule has 1 aliphatic heterocycles. The fourth-order valence-electron chi connectivity index (χ4n) is 1.87. The van der Waals surface area contributed by atoms with Crippen LogP contribution in [0.5, 0.6) is 0 Å². The Kier molecular flexibility index (Phi) is 3.26. The summed E-state index contributed by atoms with van der Waals surface area (Å²) in [5, 5.41) is 2.11. The second-order valence-corrected chi connectivity index (χ2v) is 6.69. The molecule has 0 unspecified atom stereocenters. The zero-order valence-corrected chi connectivity index (χ0v) is 11.8. The molecule has 0 saturated carbocycles. The Bertz CT molecular complexity index is 683. The number of piperazine rings is 1. The molecule has 0 aromatic carbocycles. The van der Waals surface area contributed by atoms with Crippen molar-refractivity contribution in [2.75, 3.05) is 12.3 Å². The minimum absolute atomic E-state index is 0.00855. The topological polar surface area (TPSA) is 122 Å². The fourth-order valence-corrected chi connectivity index (χ4v) is 3.64. The Morgan fingerprint density at radius 2 is 2.05 bits per heavy atom. The number of imide groups is 1. The summed E-state index contributed by atoms with van der Waals surface area (Å²) in [6.07, 6.45) is 2.45. The van der Waals surface area contributed by atoms with Crippen molar-refractivity contribution >= 4 is 27.5 Å².